The van der Waals surface area contributed by atoms with Crippen molar-refractivity contribution in [1.82, 2.24) is 0 Å². The zero-order valence-electron chi connectivity index (χ0n) is 21.2. The Bertz CT molecular complexity index is 1160. The van der Waals surface area contributed by atoms with Crippen molar-refractivity contribution in [2.75, 3.05) is 0 Å². The summed E-state index contributed by atoms with van der Waals surface area (Å²) in [5.74, 6) is 0. The number of benzene rings is 4. The van der Waals surface area contributed by atoms with Gasteiger partial charge in [-0.2, -0.15) is 0 Å². The zero-order valence-corrected chi connectivity index (χ0v) is 21.2. The average molecular weight is 457 g/mol. The average Bonchev–Trinajstić information content (AvgIpc) is 3.35. The van der Waals surface area contributed by atoms with E-state index in [2.05, 4.69) is 111 Å². The summed E-state index contributed by atoms with van der Waals surface area (Å²) in [5.41, 5.74) is 12.0. The predicted octanol–water partition coefficient (Wildman–Crippen LogP) is 9.69. The molecule has 0 nitrogen and oxygen atoms in total. The molecule has 0 heterocycles. The fraction of sp³-hybridized carbons (Fsp3) is 0.314. The molecule has 0 heteroatoms. The van der Waals surface area contributed by atoms with Crippen molar-refractivity contribution in [2.24, 2.45) is 0 Å². The normalized spacial score (nSPS) is 15.8. The molecule has 0 aromatic heterocycles. The van der Waals surface area contributed by atoms with E-state index >= 15 is 0 Å². The van der Waals surface area contributed by atoms with Gasteiger partial charge in [-0.1, -0.05) is 137 Å². The smallest absolute Gasteiger partial charge is 0.0226 e. The Kier molecular flexibility index (Phi) is 5.64. The second kappa shape index (κ2) is 8.83. The number of hydrogen-bond donors (Lipinski definition) is 0. The van der Waals surface area contributed by atoms with Crippen LogP contribution in [0.4, 0.5) is 0 Å². The summed E-state index contributed by atoms with van der Waals surface area (Å²) in [4.78, 5) is 0. The summed E-state index contributed by atoms with van der Waals surface area (Å²) in [6, 6.07) is 37.1. The van der Waals surface area contributed by atoms with Crippen LogP contribution < -0.4 is 0 Å². The lowest BCUT2D eigenvalue weighted by atomic mass is 9.59. The molecule has 176 valence electrons. The molecule has 0 radical (unpaired) electrons. The molecule has 0 N–H and O–H groups in total. The Hall–Kier alpha value is -3.12. The highest BCUT2D eigenvalue weighted by molar-refractivity contribution is 5.84. The minimum atomic E-state index is 0.0293. The third kappa shape index (κ3) is 3.26. The molecule has 0 saturated carbocycles. The summed E-state index contributed by atoms with van der Waals surface area (Å²) in [5, 5.41) is 0. The van der Waals surface area contributed by atoms with Gasteiger partial charge in [-0.05, 0) is 63.8 Å². The van der Waals surface area contributed by atoms with Crippen molar-refractivity contribution >= 4 is 0 Å². The van der Waals surface area contributed by atoms with Gasteiger partial charge in [0.2, 0.25) is 0 Å². The lowest BCUT2D eigenvalue weighted by Gasteiger charge is -2.43. The van der Waals surface area contributed by atoms with Crippen LogP contribution in [0, 0.1) is 0 Å². The highest BCUT2D eigenvalue weighted by Gasteiger charge is 2.52. The van der Waals surface area contributed by atoms with Gasteiger partial charge in [0, 0.05) is 10.8 Å². The summed E-state index contributed by atoms with van der Waals surface area (Å²) >= 11 is 0. The van der Waals surface area contributed by atoms with Gasteiger partial charge in [0.05, 0.1) is 0 Å². The van der Waals surface area contributed by atoms with Crippen LogP contribution in [0.2, 0.25) is 0 Å². The molecule has 6 rings (SSSR count). The van der Waals surface area contributed by atoms with Gasteiger partial charge >= 0.3 is 0 Å². The molecular formula is C35H36. The molecule has 0 bridgehead atoms. The first-order valence-electron chi connectivity index (χ1n) is 13.6. The maximum atomic E-state index is 2.44. The zero-order chi connectivity index (χ0) is 23.9. The van der Waals surface area contributed by atoms with E-state index in [4.69, 9.17) is 0 Å². The van der Waals surface area contributed by atoms with Crippen LogP contribution in [0.1, 0.15) is 81.0 Å². The van der Waals surface area contributed by atoms with Gasteiger partial charge in [-0.3, -0.25) is 0 Å². The van der Waals surface area contributed by atoms with Crippen LogP contribution in [0.3, 0.4) is 0 Å². The molecule has 0 saturated heterocycles. The van der Waals surface area contributed by atoms with Crippen molar-refractivity contribution in [1.29, 1.82) is 0 Å². The minimum absolute atomic E-state index is 0.0293. The topological polar surface area (TPSA) is 0 Å². The van der Waals surface area contributed by atoms with Crippen LogP contribution in [-0.4, -0.2) is 0 Å². The maximum Gasteiger partial charge on any atom is 0.0226 e. The Morgan fingerprint density at radius 1 is 0.429 bits per heavy atom. The van der Waals surface area contributed by atoms with E-state index in [0.29, 0.717) is 0 Å². The number of fused-ring (bicyclic) bond motifs is 6. The molecule has 2 aliphatic carbocycles. The van der Waals surface area contributed by atoms with Crippen molar-refractivity contribution in [3.05, 3.63) is 119 Å². The van der Waals surface area contributed by atoms with Gasteiger partial charge in [0.1, 0.15) is 0 Å². The van der Waals surface area contributed by atoms with Crippen molar-refractivity contribution in [3.63, 3.8) is 0 Å². The molecule has 4 aromatic rings. The van der Waals surface area contributed by atoms with Crippen LogP contribution in [0.15, 0.2) is 97.1 Å². The first-order chi connectivity index (χ1) is 17.2. The molecule has 0 fully saturated rings. The van der Waals surface area contributed by atoms with Gasteiger partial charge in [0.15, 0.2) is 0 Å². The largest absolute Gasteiger partial charge is 0.0654 e. The summed E-state index contributed by atoms with van der Waals surface area (Å²) in [6.45, 7) is 4.68. The Balaban J connectivity index is 1.63. The van der Waals surface area contributed by atoms with E-state index in [-0.39, 0.29) is 10.8 Å². The molecule has 0 aliphatic heterocycles. The first kappa shape index (κ1) is 22.4. The second-order valence-corrected chi connectivity index (χ2v) is 10.7. The summed E-state index contributed by atoms with van der Waals surface area (Å²) in [6.07, 6.45) is 8.49. The molecule has 2 aliphatic rings. The summed E-state index contributed by atoms with van der Waals surface area (Å²) in [7, 11) is 0. The third-order valence-corrected chi connectivity index (χ3v) is 8.87. The number of rotatable bonds is 8. The maximum absolute atomic E-state index is 2.44. The molecule has 0 amide bonds. The standard InChI is InChI=1S/C35H36/c1-3-5-23-34(30-19-11-7-15-26(30)27-16-8-12-20-31(27)34)25-35(24-6-4-2)32-21-13-9-17-28(32)29-18-10-14-22-33(29)35/h7-22H,3-6,23-25H2,1-2H3. The van der Waals surface area contributed by atoms with Gasteiger partial charge in [-0.25, -0.2) is 0 Å². The fourth-order valence-electron chi connectivity index (χ4n) is 7.40. The van der Waals surface area contributed by atoms with Crippen LogP contribution >= 0.6 is 0 Å². The Morgan fingerprint density at radius 3 is 1.00 bits per heavy atom. The van der Waals surface area contributed by atoms with Crippen LogP contribution in [-0.2, 0) is 10.8 Å². The molecule has 0 atom stereocenters. The first-order valence-corrected chi connectivity index (χ1v) is 13.6. The third-order valence-electron chi connectivity index (χ3n) is 8.87. The monoisotopic (exact) mass is 456 g/mol. The lowest BCUT2D eigenvalue weighted by molar-refractivity contribution is 0.314. The SMILES string of the molecule is CCCCC1(CC2(CCCC)c3ccccc3-c3ccccc32)c2ccccc2-c2ccccc21. The highest BCUT2D eigenvalue weighted by Crippen LogP contribution is 2.62. The van der Waals surface area contributed by atoms with E-state index < -0.39 is 0 Å². The van der Waals surface area contributed by atoms with Gasteiger partial charge in [0.25, 0.3) is 0 Å². The van der Waals surface area contributed by atoms with Crippen molar-refractivity contribution < 1.29 is 0 Å². The second-order valence-electron chi connectivity index (χ2n) is 10.7. The highest BCUT2D eigenvalue weighted by atomic mass is 14.5. The lowest BCUT2D eigenvalue weighted by Crippen LogP contribution is -2.38. The minimum Gasteiger partial charge on any atom is -0.0654 e. The fourth-order valence-corrected chi connectivity index (χ4v) is 7.40. The quantitative estimate of drug-likeness (QED) is 0.247. The molecule has 35 heavy (non-hydrogen) atoms. The van der Waals surface area contributed by atoms with E-state index in [1.807, 2.05) is 0 Å². The van der Waals surface area contributed by atoms with Crippen LogP contribution in [0.5, 0.6) is 0 Å². The van der Waals surface area contributed by atoms with E-state index in [0.717, 1.165) is 6.42 Å². The molecule has 4 aromatic carbocycles. The Morgan fingerprint density at radius 2 is 0.714 bits per heavy atom. The van der Waals surface area contributed by atoms with Crippen LogP contribution in [0.25, 0.3) is 22.3 Å². The molecule has 0 unspecified atom stereocenters. The van der Waals surface area contributed by atoms with Crippen molar-refractivity contribution in [3.8, 4) is 22.3 Å². The predicted molar refractivity (Wildman–Crippen MR) is 149 cm³/mol. The van der Waals surface area contributed by atoms with Gasteiger partial charge < -0.3 is 0 Å². The molecule has 0 spiro atoms. The van der Waals surface area contributed by atoms with E-state index in [1.165, 1.54) is 60.8 Å². The van der Waals surface area contributed by atoms with E-state index in [1.54, 1.807) is 22.3 Å². The number of unbranched alkanes of at least 4 members (excludes halogenated alkanes) is 2. The molecular weight excluding hydrogens is 420 g/mol. The van der Waals surface area contributed by atoms with Gasteiger partial charge in [-0.15, -0.1) is 0 Å². The van der Waals surface area contributed by atoms with E-state index in [9.17, 15) is 0 Å². The van der Waals surface area contributed by atoms with Crippen molar-refractivity contribution in [2.45, 2.75) is 69.6 Å². The number of hydrogen-bond acceptors (Lipinski definition) is 0. The summed E-state index contributed by atoms with van der Waals surface area (Å²) < 4.78 is 0. The Labute approximate surface area is 211 Å².